The van der Waals surface area contributed by atoms with Gasteiger partial charge < -0.3 is 26.4 Å². The molecule has 0 aromatic carbocycles. The van der Waals surface area contributed by atoms with Gasteiger partial charge in [-0.15, -0.1) is 0 Å². The second-order valence-electron chi connectivity index (χ2n) is 8.18. The molecular weight excluding hydrogens is 320 g/mol. The molecule has 1 heterocycles. The van der Waals surface area contributed by atoms with E-state index in [4.69, 9.17) is 10.5 Å². The van der Waals surface area contributed by atoms with E-state index in [1.54, 1.807) is 6.20 Å². The molecule has 8 nitrogen and oxygen atoms in total. The Labute approximate surface area is 150 Å². The topological polar surface area (TPSA) is 114 Å². The number of anilines is 3. The molecule has 1 rings (SSSR count). The standard InChI is InChI=1S/C17H32N6O2/c1-11(25-15(24)23-17(5,6)7)8-9-19-13-12(18)10-20-14(21-13)22-16(2,3)4/h10-11H,8-9,18H2,1-7H3,(H,23,24)(H2,19,20,21,22). The number of nitrogens with one attached hydrogen (secondary N) is 3. The minimum atomic E-state index is -0.418. The molecule has 1 aromatic rings. The number of amides is 1. The molecule has 25 heavy (non-hydrogen) atoms. The molecule has 0 spiro atoms. The maximum Gasteiger partial charge on any atom is 0.407 e. The summed E-state index contributed by atoms with van der Waals surface area (Å²) < 4.78 is 5.32. The van der Waals surface area contributed by atoms with E-state index in [-0.39, 0.29) is 17.2 Å². The van der Waals surface area contributed by atoms with E-state index in [1.165, 1.54) is 0 Å². The van der Waals surface area contributed by atoms with E-state index in [0.29, 0.717) is 30.4 Å². The number of nitrogens with zero attached hydrogens (tertiary/aromatic N) is 2. The van der Waals surface area contributed by atoms with Crippen LogP contribution in [-0.2, 0) is 4.74 Å². The number of ether oxygens (including phenoxy) is 1. The molecule has 0 aliphatic carbocycles. The lowest BCUT2D eigenvalue weighted by atomic mass is 10.1. The van der Waals surface area contributed by atoms with Crippen molar-refractivity contribution < 1.29 is 9.53 Å². The molecule has 0 fully saturated rings. The van der Waals surface area contributed by atoms with E-state index in [1.807, 2.05) is 48.5 Å². The fourth-order valence-corrected chi connectivity index (χ4v) is 1.90. The van der Waals surface area contributed by atoms with Crippen LogP contribution < -0.4 is 21.7 Å². The quantitative estimate of drug-likeness (QED) is 0.622. The average molecular weight is 352 g/mol. The highest BCUT2D eigenvalue weighted by atomic mass is 16.6. The van der Waals surface area contributed by atoms with E-state index in [9.17, 15) is 4.79 Å². The Kier molecular flexibility index (Phi) is 6.84. The largest absolute Gasteiger partial charge is 0.446 e. The summed E-state index contributed by atoms with van der Waals surface area (Å²) in [6, 6.07) is 0. The maximum atomic E-state index is 11.7. The van der Waals surface area contributed by atoms with Crippen LogP contribution in [0.5, 0.6) is 0 Å². The van der Waals surface area contributed by atoms with Gasteiger partial charge in [-0.1, -0.05) is 0 Å². The molecule has 0 aliphatic rings. The highest BCUT2D eigenvalue weighted by Crippen LogP contribution is 2.18. The first-order chi connectivity index (χ1) is 11.4. The van der Waals surface area contributed by atoms with Crippen LogP contribution in [-0.4, -0.2) is 39.8 Å². The molecule has 1 aromatic heterocycles. The van der Waals surface area contributed by atoms with Gasteiger partial charge in [-0.3, -0.25) is 0 Å². The summed E-state index contributed by atoms with van der Waals surface area (Å²) in [4.78, 5) is 20.3. The summed E-state index contributed by atoms with van der Waals surface area (Å²) in [5, 5.41) is 9.13. The molecule has 1 atom stereocenters. The van der Waals surface area contributed by atoms with Crippen molar-refractivity contribution in [1.82, 2.24) is 15.3 Å². The fourth-order valence-electron chi connectivity index (χ4n) is 1.90. The first kappa shape index (κ1) is 20.8. The minimum absolute atomic E-state index is 0.143. The van der Waals surface area contributed by atoms with Crippen LogP contribution in [0.3, 0.4) is 0 Å². The van der Waals surface area contributed by atoms with Crippen molar-refractivity contribution in [1.29, 1.82) is 0 Å². The number of aromatic nitrogens is 2. The van der Waals surface area contributed by atoms with Gasteiger partial charge in [0.05, 0.1) is 11.9 Å². The number of nitrogen functional groups attached to an aromatic ring is 1. The van der Waals surface area contributed by atoms with Crippen molar-refractivity contribution in [3.63, 3.8) is 0 Å². The van der Waals surface area contributed by atoms with Gasteiger partial charge >= 0.3 is 6.09 Å². The lowest BCUT2D eigenvalue weighted by molar-refractivity contribution is 0.0973. The van der Waals surface area contributed by atoms with Crippen LogP contribution in [0.2, 0.25) is 0 Å². The zero-order valence-electron chi connectivity index (χ0n) is 16.4. The smallest absolute Gasteiger partial charge is 0.407 e. The van der Waals surface area contributed by atoms with Crippen LogP contribution >= 0.6 is 0 Å². The third kappa shape index (κ3) is 8.97. The van der Waals surface area contributed by atoms with Gasteiger partial charge in [-0.25, -0.2) is 9.78 Å². The number of carbonyl (C=O) groups is 1. The molecule has 0 aliphatic heterocycles. The number of carbonyl (C=O) groups excluding carboxylic acids is 1. The average Bonchev–Trinajstić information content (AvgIpc) is 2.38. The monoisotopic (exact) mass is 352 g/mol. The molecule has 142 valence electrons. The van der Waals surface area contributed by atoms with Crippen LogP contribution in [0.1, 0.15) is 54.9 Å². The van der Waals surface area contributed by atoms with E-state index in [2.05, 4.69) is 25.9 Å². The Morgan fingerprint density at radius 2 is 1.88 bits per heavy atom. The zero-order valence-corrected chi connectivity index (χ0v) is 16.4. The minimum Gasteiger partial charge on any atom is -0.446 e. The summed E-state index contributed by atoms with van der Waals surface area (Å²) in [6.07, 6.45) is 1.55. The van der Waals surface area contributed by atoms with Crippen LogP contribution in [0, 0.1) is 0 Å². The Morgan fingerprint density at radius 3 is 2.44 bits per heavy atom. The molecule has 5 N–H and O–H groups in total. The van der Waals surface area contributed by atoms with Crippen LogP contribution in [0.4, 0.5) is 22.2 Å². The molecule has 1 amide bonds. The normalized spacial score (nSPS) is 13.1. The van der Waals surface area contributed by atoms with Crippen LogP contribution in [0.15, 0.2) is 6.20 Å². The predicted octanol–water partition coefficient (Wildman–Crippen LogP) is 2.98. The van der Waals surface area contributed by atoms with Crippen molar-refractivity contribution >= 4 is 23.5 Å². The molecule has 0 radical (unpaired) electrons. The first-order valence-corrected chi connectivity index (χ1v) is 8.49. The summed E-state index contributed by atoms with van der Waals surface area (Å²) >= 11 is 0. The van der Waals surface area contributed by atoms with Crippen molar-refractivity contribution in [3.8, 4) is 0 Å². The second-order valence-corrected chi connectivity index (χ2v) is 8.18. The highest BCUT2D eigenvalue weighted by Gasteiger charge is 2.17. The molecule has 0 bridgehead atoms. The summed E-state index contributed by atoms with van der Waals surface area (Å²) in [6.45, 7) is 14.2. The molecule has 8 heteroatoms. The van der Waals surface area contributed by atoms with Crippen molar-refractivity contribution in [2.45, 2.75) is 72.1 Å². The third-order valence-electron chi connectivity index (χ3n) is 2.93. The number of nitrogens with two attached hydrogens (primary N) is 1. The van der Waals surface area contributed by atoms with E-state index in [0.717, 1.165) is 0 Å². The number of hydrogen-bond acceptors (Lipinski definition) is 7. The number of hydrogen-bond donors (Lipinski definition) is 4. The Bertz CT molecular complexity index is 577. The Morgan fingerprint density at radius 1 is 1.24 bits per heavy atom. The van der Waals surface area contributed by atoms with Gasteiger partial charge in [0.15, 0.2) is 5.82 Å². The lowest BCUT2D eigenvalue weighted by Gasteiger charge is -2.22. The van der Waals surface area contributed by atoms with E-state index >= 15 is 0 Å². The SMILES string of the molecule is CC(CCNc1nc(NC(C)(C)C)ncc1N)OC(=O)NC(C)(C)C. The zero-order chi connectivity index (χ0) is 19.3. The van der Waals surface area contributed by atoms with Gasteiger partial charge in [-0.2, -0.15) is 4.98 Å². The molecular formula is C17H32N6O2. The van der Waals surface area contributed by atoms with Gasteiger partial charge in [0.1, 0.15) is 6.10 Å². The third-order valence-corrected chi connectivity index (χ3v) is 2.93. The Hall–Kier alpha value is -2.25. The van der Waals surface area contributed by atoms with Crippen LogP contribution in [0.25, 0.3) is 0 Å². The Balaban J connectivity index is 2.50. The maximum absolute atomic E-state index is 11.7. The summed E-state index contributed by atoms with van der Waals surface area (Å²) in [5.41, 5.74) is 5.92. The first-order valence-electron chi connectivity index (χ1n) is 8.49. The number of alkyl carbamates (subject to hydrolysis) is 1. The van der Waals surface area contributed by atoms with Crippen molar-refractivity contribution in [2.24, 2.45) is 0 Å². The van der Waals surface area contributed by atoms with Crippen molar-refractivity contribution in [3.05, 3.63) is 6.20 Å². The molecule has 0 saturated heterocycles. The summed E-state index contributed by atoms with van der Waals surface area (Å²) in [7, 11) is 0. The predicted molar refractivity (Wildman–Crippen MR) is 102 cm³/mol. The molecule has 0 saturated carbocycles. The second kappa shape index (κ2) is 8.22. The van der Waals surface area contributed by atoms with Crippen molar-refractivity contribution in [2.75, 3.05) is 22.9 Å². The van der Waals surface area contributed by atoms with Gasteiger partial charge in [-0.05, 0) is 48.5 Å². The number of rotatable bonds is 6. The fraction of sp³-hybridized carbons (Fsp3) is 0.706. The highest BCUT2D eigenvalue weighted by molar-refractivity contribution is 5.68. The lowest BCUT2D eigenvalue weighted by Crippen LogP contribution is -2.42. The van der Waals surface area contributed by atoms with E-state index < -0.39 is 6.09 Å². The van der Waals surface area contributed by atoms with Gasteiger partial charge in [0, 0.05) is 24.0 Å². The summed E-state index contributed by atoms with van der Waals surface area (Å²) in [5.74, 6) is 1.08. The van der Waals surface area contributed by atoms with Gasteiger partial charge in [0.25, 0.3) is 0 Å². The molecule has 1 unspecified atom stereocenters. The van der Waals surface area contributed by atoms with Gasteiger partial charge in [0.2, 0.25) is 5.95 Å².